The maximum absolute atomic E-state index is 12.7. The molecule has 1 unspecified atom stereocenters. The molecule has 1 aromatic rings. The number of nitrogens with zero attached hydrogens (tertiary/aromatic N) is 3. The van der Waals surface area contributed by atoms with Gasteiger partial charge in [0.05, 0.1) is 5.54 Å². The molecule has 3 fully saturated rings. The van der Waals surface area contributed by atoms with Crippen molar-refractivity contribution in [3.8, 4) is 0 Å². The van der Waals surface area contributed by atoms with Crippen LogP contribution in [0, 0.1) is 5.92 Å². The third-order valence-corrected chi connectivity index (χ3v) is 5.66. The van der Waals surface area contributed by atoms with Crippen LogP contribution in [0.4, 0.5) is 0 Å². The van der Waals surface area contributed by atoms with E-state index in [0.717, 1.165) is 51.5 Å². The molecular weight excluding hydrogens is 316 g/mol. The second kappa shape index (κ2) is 6.40. The van der Waals surface area contributed by atoms with Gasteiger partial charge in [-0.2, -0.15) is 4.98 Å². The van der Waals surface area contributed by atoms with Crippen molar-refractivity contribution in [3.63, 3.8) is 0 Å². The molecule has 23 heavy (non-hydrogen) atoms. The topological polar surface area (TPSA) is 85.2 Å². The Labute approximate surface area is 142 Å². The fraction of sp³-hybridized carbons (Fsp3) is 0.812. The van der Waals surface area contributed by atoms with Gasteiger partial charge in [0.25, 0.3) is 0 Å². The zero-order valence-electron chi connectivity index (χ0n) is 13.4. The first-order chi connectivity index (χ1) is 10.7. The van der Waals surface area contributed by atoms with E-state index in [1.807, 2.05) is 4.90 Å². The molecule has 2 aliphatic carbocycles. The molecule has 6 nitrogen and oxygen atoms in total. The summed E-state index contributed by atoms with van der Waals surface area (Å²) in [6.07, 6.45) is 9.29. The smallest absolute Gasteiger partial charge is 0.249 e. The Bertz CT molecular complexity index is 566. The molecule has 2 heterocycles. The van der Waals surface area contributed by atoms with E-state index >= 15 is 0 Å². The summed E-state index contributed by atoms with van der Waals surface area (Å²) in [5.41, 5.74) is 5.86. The van der Waals surface area contributed by atoms with Crippen molar-refractivity contribution in [1.29, 1.82) is 0 Å². The Hall–Kier alpha value is -1.14. The van der Waals surface area contributed by atoms with Crippen LogP contribution in [0.5, 0.6) is 0 Å². The molecule has 0 spiro atoms. The zero-order chi connectivity index (χ0) is 15.2. The average Bonchev–Trinajstić information content (AvgIpc) is 3.23. The van der Waals surface area contributed by atoms with Crippen molar-refractivity contribution in [3.05, 3.63) is 11.7 Å². The quantitative estimate of drug-likeness (QED) is 0.914. The van der Waals surface area contributed by atoms with Gasteiger partial charge in [-0.3, -0.25) is 4.79 Å². The highest BCUT2D eigenvalue weighted by Gasteiger charge is 2.42. The average molecular weight is 341 g/mol. The van der Waals surface area contributed by atoms with Crippen molar-refractivity contribution in [1.82, 2.24) is 15.0 Å². The van der Waals surface area contributed by atoms with E-state index in [-0.39, 0.29) is 30.3 Å². The minimum Gasteiger partial charge on any atom is -0.337 e. The Morgan fingerprint density at radius 2 is 1.91 bits per heavy atom. The largest absolute Gasteiger partial charge is 0.337 e. The Kier molecular flexibility index (Phi) is 4.65. The van der Waals surface area contributed by atoms with Crippen molar-refractivity contribution in [2.75, 3.05) is 6.54 Å². The molecule has 4 rings (SSSR count). The van der Waals surface area contributed by atoms with Crippen molar-refractivity contribution in [2.24, 2.45) is 11.7 Å². The molecule has 1 saturated heterocycles. The summed E-state index contributed by atoms with van der Waals surface area (Å²) in [5, 5.41) is 4.10. The van der Waals surface area contributed by atoms with Crippen LogP contribution in [-0.2, 0) is 10.3 Å². The van der Waals surface area contributed by atoms with Crippen LogP contribution in [0.15, 0.2) is 4.52 Å². The van der Waals surface area contributed by atoms with Gasteiger partial charge in [0, 0.05) is 12.5 Å². The third kappa shape index (κ3) is 2.87. The van der Waals surface area contributed by atoms with Gasteiger partial charge >= 0.3 is 0 Å². The molecule has 0 aromatic carbocycles. The summed E-state index contributed by atoms with van der Waals surface area (Å²) in [7, 11) is 0. The van der Waals surface area contributed by atoms with Gasteiger partial charge in [0.1, 0.15) is 6.04 Å². The number of hydrogen-bond donors (Lipinski definition) is 1. The Morgan fingerprint density at radius 1 is 1.17 bits per heavy atom. The van der Waals surface area contributed by atoms with E-state index in [2.05, 4.69) is 10.1 Å². The highest BCUT2D eigenvalue weighted by atomic mass is 35.5. The van der Waals surface area contributed by atoms with Gasteiger partial charge in [0.2, 0.25) is 11.8 Å². The molecule has 0 bridgehead atoms. The van der Waals surface area contributed by atoms with Gasteiger partial charge in [-0.1, -0.05) is 18.0 Å². The molecule has 128 valence electrons. The second-order valence-electron chi connectivity index (χ2n) is 7.14. The standard InChI is InChI=1S/C16H24N4O2.ClH/c17-16(8-4-9-16)15-18-13(22-19-15)12-7-3-10-20(12)14(21)11-5-1-2-6-11;/h11-12H,1-10,17H2;1H. The molecule has 0 radical (unpaired) electrons. The molecule has 3 aliphatic rings. The van der Waals surface area contributed by atoms with Crippen LogP contribution in [0.25, 0.3) is 0 Å². The molecule has 1 aliphatic heterocycles. The number of rotatable bonds is 3. The minimum absolute atomic E-state index is 0. The van der Waals surface area contributed by atoms with Crippen LogP contribution in [0.3, 0.4) is 0 Å². The van der Waals surface area contributed by atoms with E-state index in [9.17, 15) is 4.79 Å². The van der Waals surface area contributed by atoms with E-state index in [0.29, 0.717) is 11.7 Å². The number of carbonyl (C=O) groups is 1. The normalized spacial score (nSPS) is 26.8. The fourth-order valence-electron chi connectivity index (χ4n) is 4.05. The number of halogens is 1. The SMILES string of the molecule is Cl.NC1(c2noc(C3CCCN3C(=O)C3CCCC3)n2)CCC1. The highest BCUT2D eigenvalue weighted by Crippen LogP contribution is 2.39. The monoisotopic (exact) mass is 340 g/mol. The Balaban J connectivity index is 0.00000156. The number of amides is 1. The Morgan fingerprint density at radius 3 is 2.57 bits per heavy atom. The molecular formula is C16H25ClN4O2. The maximum atomic E-state index is 12.7. The number of hydrogen-bond acceptors (Lipinski definition) is 5. The summed E-state index contributed by atoms with van der Waals surface area (Å²) in [6.45, 7) is 0.811. The lowest BCUT2D eigenvalue weighted by Crippen LogP contribution is -2.44. The summed E-state index contributed by atoms with van der Waals surface area (Å²) in [4.78, 5) is 19.2. The van der Waals surface area contributed by atoms with Crippen LogP contribution >= 0.6 is 12.4 Å². The molecule has 1 atom stereocenters. The minimum atomic E-state index is -0.402. The van der Waals surface area contributed by atoms with Crippen LogP contribution in [0.2, 0.25) is 0 Å². The molecule has 1 aromatic heterocycles. The van der Waals surface area contributed by atoms with Gasteiger partial charge in [-0.05, 0) is 44.9 Å². The molecule has 2 N–H and O–H groups in total. The number of aromatic nitrogens is 2. The first kappa shape index (κ1) is 16.7. The van der Waals surface area contributed by atoms with Crippen molar-refractivity contribution < 1.29 is 9.32 Å². The molecule has 1 amide bonds. The first-order valence-electron chi connectivity index (χ1n) is 8.61. The van der Waals surface area contributed by atoms with Crippen LogP contribution in [-0.4, -0.2) is 27.5 Å². The fourth-order valence-corrected chi connectivity index (χ4v) is 4.05. The predicted molar refractivity (Wildman–Crippen MR) is 86.9 cm³/mol. The summed E-state index contributed by atoms with van der Waals surface area (Å²) < 4.78 is 5.48. The highest BCUT2D eigenvalue weighted by molar-refractivity contribution is 5.85. The molecule has 7 heteroatoms. The number of carbonyl (C=O) groups excluding carboxylic acids is 1. The van der Waals surface area contributed by atoms with E-state index in [1.54, 1.807) is 0 Å². The lowest BCUT2D eigenvalue weighted by molar-refractivity contribution is -0.136. The lowest BCUT2D eigenvalue weighted by atomic mass is 9.77. The number of likely N-dealkylation sites (tertiary alicyclic amines) is 1. The second-order valence-corrected chi connectivity index (χ2v) is 7.14. The molecule has 2 saturated carbocycles. The van der Waals surface area contributed by atoms with E-state index in [4.69, 9.17) is 10.3 Å². The van der Waals surface area contributed by atoms with Crippen LogP contribution in [0.1, 0.15) is 75.5 Å². The lowest BCUT2D eigenvalue weighted by Gasteiger charge is -2.34. The van der Waals surface area contributed by atoms with Crippen molar-refractivity contribution in [2.45, 2.75) is 69.4 Å². The zero-order valence-corrected chi connectivity index (χ0v) is 14.2. The first-order valence-corrected chi connectivity index (χ1v) is 8.61. The number of nitrogens with two attached hydrogens (primary N) is 1. The van der Waals surface area contributed by atoms with Gasteiger partial charge in [0.15, 0.2) is 5.82 Å². The van der Waals surface area contributed by atoms with Gasteiger partial charge < -0.3 is 15.2 Å². The van der Waals surface area contributed by atoms with Gasteiger partial charge in [-0.25, -0.2) is 0 Å². The summed E-state index contributed by atoms with van der Waals surface area (Å²) in [5.74, 6) is 1.69. The van der Waals surface area contributed by atoms with Gasteiger partial charge in [-0.15, -0.1) is 12.4 Å². The summed E-state index contributed by atoms with van der Waals surface area (Å²) in [6, 6.07) is -0.0435. The third-order valence-electron chi connectivity index (χ3n) is 5.66. The van der Waals surface area contributed by atoms with Crippen LogP contribution < -0.4 is 5.73 Å². The predicted octanol–water partition coefficient (Wildman–Crippen LogP) is 2.68. The van der Waals surface area contributed by atoms with Crippen molar-refractivity contribution >= 4 is 18.3 Å². The summed E-state index contributed by atoms with van der Waals surface area (Å²) >= 11 is 0. The maximum Gasteiger partial charge on any atom is 0.249 e. The van der Waals surface area contributed by atoms with E-state index in [1.165, 1.54) is 12.8 Å². The van der Waals surface area contributed by atoms with E-state index < -0.39 is 5.54 Å².